The summed E-state index contributed by atoms with van der Waals surface area (Å²) < 4.78 is 9.91. The molecule has 10 heteroatoms. The Bertz CT molecular complexity index is 1850. The van der Waals surface area contributed by atoms with Gasteiger partial charge in [-0.15, -0.1) is 5.10 Å². The number of fused-ring (bicyclic) bond motifs is 4. The van der Waals surface area contributed by atoms with Crippen molar-refractivity contribution in [1.82, 2.24) is 29.4 Å². The van der Waals surface area contributed by atoms with Gasteiger partial charge in [-0.05, 0) is 42.3 Å². The fraction of sp³-hybridized carbons (Fsp3) is 0.100. The first-order valence-electron chi connectivity index (χ1n) is 12.7. The second-order valence-electron chi connectivity index (χ2n) is 9.32. The van der Waals surface area contributed by atoms with Gasteiger partial charge < -0.3 is 9.57 Å². The molecule has 0 bridgehead atoms. The highest BCUT2D eigenvalue weighted by Gasteiger charge is 2.38. The topological polar surface area (TPSA) is 91.7 Å². The van der Waals surface area contributed by atoms with Crippen LogP contribution in [0.25, 0.3) is 11.3 Å². The Morgan fingerprint density at radius 3 is 2.48 bits per heavy atom. The maximum atomic E-state index is 6.45. The second-order valence-corrected chi connectivity index (χ2v) is 9.75. The Balaban J connectivity index is 1.31. The van der Waals surface area contributed by atoms with Crippen molar-refractivity contribution >= 4 is 23.5 Å². The fourth-order valence-electron chi connectivity index (χ4n) is 4.95. The number of benzene rings is 3. The van der Waals surface area contributed by atoms with Gasteiger partial charge in [0.15, 0.2) is 18.1 Å². The van der Waals surface area contributed by atoms with Crippen LogP contribution >= 0.6 is 11.6 Å². The maximum absolute atomic E-state index is 6.45. The Hall–Kier alpha value is -5.02. The van der Waals surface area contributed by atoms with E-state index in [-0.39, 0.29) is 12.5 Å². The van der Waals surface area contributed by atoms with Crippen molar-refractivity contribution in [3.05, 3.63) is 130 Å². The highest BCUT2D eigenvalue weighted by molar-refractivity contribution is 6.30. The van der Waals surface area contributed by atoms with Gasteiger partial charge >= 0.3 is 0 Å². The van der Waals surface area contributed by atoms with E-state index in [9.17, 15) is 0 Å². The molecule has 9 nitrogen and oxygen atoms in total. The van der Waals surface area contributed by atoms with E-state index in [0.717, 1.165) is 33.6 Å². The van der Waals surface area contributed by atoms with Crippen LogP contribution in [0.3, 0.4) is 0 Å². The molecule has 0 saturated heterocycles. The summed E-state index contributed by atoms with van der Waals surface area (Å²) in [5, 5.41) is 14.2. The monoisotopic (exact) mass is 547 g/mol. The molecular weight excluding hydrogens is 526 g/mol. The standard InChI is InChI=1S/C30H22ClN7O2/c1-19-25-26(21-12-14-22(31)15-13-21)27-28-34-24(17-39-33-16-20-8-4-2-5-9-20)36-37(28)18-32-29(27)40-30(25)38(35-19)23-10-6-3-7-11-23/h2-16,18,26H,17H2,1H3/b33-16-/t26-/m1/s1. The van der Waals surface area contributed by atoms with Crippen molar-refractivity contribution in [2.45, 2.75) is 19.4 Å². The summed E-state index contributed by atoms with van der Waals surface area (Å²) in [6.45, 7) is 2.08. The number of halogens is 1. The molecule has 0 aliphatic carbocycles. The molecule has 1 aliphatic rings. The van der Waals surface area contributed by atoms with Crippen molar-refractivity contribution in [2.24, 2.45) is 5.16 Å². The molecule has 3 aromatic heterocycles. The maximum Gasteiger partial charge on any atom is 0.230 e. The molecule has 0 radical (unpaired) electrons. The van der Waals surface area contributed by atoms with Crippen LogP contribution in [0.15, 0.2) is 96.4 Å². The predicted molar refractivity (Wildman–Crippen MR) is 150 cm³/mol. The predicted octanol–water partition coefficient (Wildman–Crippen LogP) is 6.11. The van der Waals surface area contributed by atoms with E-state index in [1.807, 2.05) is 96.5 Å². The molecule has 4 heterocycles. The van der Waals surface area contributed by atoms with E-state index < -0.39 is 0 Å². The lowest BCUT2D eigenvalue weighted by atomic mass is 9.84. The van der Waals surface area contributed by atoms with Crippen molar-refractivity contribution in [2.75, 3.05) is 0 Å². The van der Waals surface area contributed by atoms with Crippen LogP contribution in [0.5, 0.6) is 11.8 Å². The molecule has 0 saturated carbocycles. The lowest BCUT2D eigenvalue weighted by Gasteiger charge is -2.26. The normalized spacial score (nSPS) is 14.2. The number of nitrogens with zero attached hydrogens (tertiary/aromatic N) is 7. The number of oxime groups is 1. The second kappa shape index (κ2) is 9.94. The number of rotatable bonds is 6. The molecule has 40 heavy (non-hydrogen) atoms. The fourth-order valence-corrected chi connectivity index (χ4v) is 5.07. The average molecular weight is 548 g/mol. The summed E-state index contributed by atoms with van der Waals surface area (Å²) in [6.07, 6.45) is 3.25. The lowest BCUT2D eigenvalue weighted by molar-refractivity contribution is 0.126. The third-order valence-corrected chi connectivity index (χ3v) is 6.99. The third kappa shape index (κ3) is 4.26. The van der Waals surface area contributed by atoms with E-state index in [2.05, 4.69) is 15.2 Å². The SMILES string of the molecule is Cc1nn(-c2ccccc2)c2c1[C@@H](c1ccc(Cl)cc1)c1c(ncn3nc(CO/N=C\c4ccccc4)nc13)O2. The molecule has 1 aliphatic heterocycles. The van der Waals surface area contributed by atoms with Gasteiger partial charge in [0.2, 0.25) is 11.8 Å². The van der Waals surface area contributed by atoms with Gasteiger partial charge in [-0.3, -0.25) is 0 Å². The first-order valence-corrected chi connectivity index (χ1v) is 13.1. The summed E-state index contributed by atoms with van der Waals surface area (Å²) in [7, 11) is 0. The first-order chi connectivity index (χ1) is 19.7. The quantitative estimate of drug-likeness (QED) is 0.184. The number of hydrogen-bond donors (Lipinski definition) is 0. The lowest BCUT2D eigenvalue weighted by Crippen LogP contribution is -2.16. The van der Waals surface area contributed by atoms with Crippen molar-refractivity contribution in [1.29, 1.82) is 0 Å². The van der Waals surface area contributed by atoms with Gasteiger partial charge in [0.05, 0.1) is 34.6 Å². The van der Waals surface area contributed by atoms with Crippen LogP contribution in [-0.4, -0.2) is 35.6 Å². The summed E-state index contributed by atoms with van der Waals surface area (Å²) in [5.41, 5.74) is 6.02. The summed E-state index contributed by atoms with van der Waals surface area (Å²) >= 11 is 6.26. The van der Waals surface area contributed by atoms with Gasteiger partial charge in [0.1, 0.15) is 6.33 Å². The Morgan fingerprint density at radius 1 is 0.950 bits per heavy atom. The Kier molecular flexibility index (Phi) is 5.98. The van der Waals surface area contributed by atoms with Crippen LogP contribution in [0, 0.1) is 6.92 Å². The highest BCUT2D eigenvalue weighted by Crippen LogP contribution is 2.49. The summed E-state index contributed by atoms with van der Waals surface area (Å²) in [4.78, 5) is 14.9. The minimum atomic E-state index is -0.265. The van der Waals surface area contributed by atoms with Crippen molar-refractivity contribution < 1.29 is 9.57 Å². The number of hydrogen-bond acceptors (Lipinski definition) is 7. The molecule has 0 amide bonds. The number of ether oxygens (including phenoxy) is 1. The van der Waals surface area contributed by atoms with Gasteiger partial charge in [-0.2, -0.15) is 5.10 Å². The Labute approximate surface area is 234 Å². The minimum absolute atomic E-state index is 0.0997. The van der Waals surface area contributed by atoms with Crippen molar-refractivity contribution in [3.8, 4) is 17.4 Å². The zero-order valence-corrected chi connectivity index (χ0v) is 22.1. The summed E-state index contributed by atoms with van der Waals surface area (Å²) in [6, 6.07) is 27.4. The molecule has 1 atom stereocenters. The number of aromatic nitrogens is 6. The van der Waals surface area contributed by atoms with Crippen LogP contribution in [0.2, 0.25) is 5.02 Å². The van der Waals surface area contributed by atoms with Gasteiger partial charge in [0.25, 0.3) is 0 Å². The van der Waals surface area contributed by atoms with E-state index in [4.69, 9.17) is 31.3 Å². The summed E-state index contributed by atoms with van der Waals surface area (Å²) in [5.74, 6) is 1.27. The van der Waals surface area contributed by atoms with E-state index >= 15 is 0 Å². The zero-order valence-electron chi connectivity index (χ0n) is 21.3. The van der Waals surface area contributed by atoms with E-state index in [1.54, 1.807) is 17.1 Å². The van der Waals surface area contributed by atoms with Crippen LogP contribution < -0.4 is 4.74 Å². The molecule has 0 unspecified atom stereocenters. The number of para-hydroxylation sites is 1. The van der Waals surface area contributed by atoms with Crippen LogP contribution in [0.1, 0.15) is 39.7 Å². The Morgan fingerprint density at radius 2 is 1.70 bits per heavy atom. The minimum Gasteiger partial charge on any atom is -0.420 e. The molecule has 196 valence electrons. The third-order valence-electron chi connectivity index (χ3n) is 6.74. The van der Waals surface area contributed by atoms with E-state index in [0.29, 0.717) is 28.3 Å². The van der Waals surface area contributed by atoms with Crippen LogP contribution in [-0.2, 0) is 11.4 Å². The zero-order chi connectivity index (χ0) is 27.1. The number of aryl methyl sites for hydroxylation is 1. The average Bonchev–Trinajstić information content (AvgIpc) is 3.56. The van der Waals surface area contributed by atoms with Gasteiger partial charge in [-0.25, -0.2) is 19.2 Å². The van der Waals surface area contributed by atoms with Crippen LogP contribution in [0.4, 0.5) is 0 Å². The molecule has 0 spiro atoms. The molecule has 0 N–H and O–H groups in total. The molecule has 0 fully saturated rings. The van der Waals surface area contributed by atoms with Crippen molar-refractivity contribution in [3.63, 3.8) is 0 Å². The van der Waals surface area contributed by atoms with Gasteiger partial charge in [-0.1, -0.05) is 77.4 Å². The highest BCUT2D eigenvalue weighted by atomic mass is 35.5. The largest absolute Gasteiger partial charge is 0.420 e. The molecule has 3 aromatic carbocycles. The molecule has 7 rings (SSSR count). The molecule has 6 aromatic rings. The molecular formula is C30H22ClN7O2. The van der Waals surface area contributed by atoms with Gasteiger partial charge in [0, 0.05) is 5.02 Å². The smallest absolute Gasteiger partial charge is 0.230 e. The van der Waals surface area contributed by atoms with E-state index in [1.165, 1.54) is 0 Å². The first kappa shape index (κ1) is 24.1.